The van der Waals surface area contributed by atoms with Crippen molar-refractivity contribution in [3.63, 3.8) is 0 Å². The highest BCUT2D eigenvalue weighted by atomic mass is 35.5. The van der Waals surface area contributed by atoms with Crippen LogP contribution < -0.4 is 14.8 Å². The van der Waals surface area contributed by atoms with Crippen LogP contribution in [0.2, 0.25) is 5.02 Å². The molecule has 5 nitrogen and oxygen atoms in total. The summed E-state index contributed by atoms with van der Waals surface area (Å²) in [6.07, 6.45) is 4.52. The Balaban J connectivity index is 0.00000272. The lowest BCUT2D eigenvalue weighted by Crippen LogP contribution is -2.49. The monoisotopic (exact) mass is 484 g/mol. The van der Waals surface area contributed by atoms with Gasteiger partial charge in [-0.1, -0.05) is 36.2 Å². The Morgan fingerprint density at radius 3 is 2.58 bits per heavy atom. The zero-order valence-corrected chi connectivity index (χ0v) is 20.1. The maximum absolute atomic E-state index is 11.6. The summed E-state index contributed by atoms with van der Waals surface area (Å²) >= 11 is 6.13. The molecule has 0 radical (unpaired) electrons. The molecule has 170 valence electrons. The van der Waals surface area contributed by atoms with Crippen molar-refractivity contribution in [3.05, 3.63) is 64.2 Å². The van der Waals surface area contributed by atoms with Crippen LogP contribution in [0.15, 0.2) is 42.5 Å². The normalized spacial score (nSPS) is 19.6. The molecule has 1 unspecified atom stereocenters. The van der Waals surface area contributed by atoms with Gasteiger partial charge in [0, 0.05) is 23.0 Å². The van der Waals surface area contributed by atoms with E-state index in [4.69, 9.17) is 16.3 Å². The van der Waals surface area contributed by atoms with Gasteiger partial charge in [0.05, 0.1) is 5.75 Å². The Hall–Kier alpha value is -1.31. The van der Waals surface area contributed by atoms with Gasteiger partial charge in [-0.15, -0.1) is 12.4 Å². The van der Waals surface area contributed by atoms with E-state index in [1.54, 1.807) is 6.92 Å². The van der Waals surface area contributed by atoms with Crippen LogP contribution >= 0.6 is 24.0 Å². The average molecular weight is 485 g/mol. The molecule has 1 atom stereocenters. The minimum absolute atomic E-state index is 0. The van der Waals surface area contributed by atoms with Gasteiger partial charge in [0.15, 0.2) is 0 Å². The van der Waals surface area contributed by atoms with E-state index in [1.165, 1.54) is 23.1 Å². The number of halogens is 2. The molecule has 31 heavy (non-hydrogen) atoms. The van der Waals surface area contributed by atoms with Crippen molar-refractivity contribution >= 4 is 34.0 Å². The second-order valence-corrected chi connectivity index (χ2v) is 10.7. The SMILES string of the molecule is CCS(=O)(=O)NCCOc1ccc2c(c1)C(C1(c3ccc(Cl)cc3)CCC1)NCC2.Cl. The molecule has 2 N–H and O–H groups in total. The van der Waals surface area contributed by atoms with Crippen molar-refractivity contribution < 1.29 is 13.2 Å². The molecule has 8 heteroatoms. The maximum Gasteiger partial charge on any atom is 0.211 e. The first-order chi connectivity index (χ1) is 14.4. The zero-order chi connectivity index (χ0) is 21.2. The Bertz CT molecular complexity index is 992. The van der Waals surface area contributed by atoms with Gasteiger partial charge in [-0.05, 0) is 73.7 Å². The molecule has 1 aliphatic carbocycles. The van der Waals surface area contributed by atoms with E-state index in [1.807, 2.05) is 18.2 Å². The van der Waals surface area contributed by atoms with Crippen molar-refractivity contribution in [1.82, 2.24) is 10.0 Å². The predicted molar refractivity (Wildman–Crippen MR) is 128 cm³/mol. The Morgan fingerprint density at radius 2 is 1.94 bits per heavy atom. The van der Waals surface area contributed by atoms with Crippen molar-refractivity contribution in [2.24, 2.45) is 0 Å². The van der Waals surface area contributed by atoms with Gasteiger partial charge in [-0.25, -0.2) is 13.1 Å². The molecule has 2 aliphatic rings. The molecule has 0 spiro atoms. The van der Waals surface area contributed by atoms with Crippen LogP contribution in [0.25, 0.3) is 0 Å². The highest BCUT2D eigenvalue weighted by Gasteiger charge is 2.47. The van der Waals surface area contributed by atoms with Gasteiger partial charge >= 0.3 is 0 Å². The maximum atomic E-state index is 11.6. The Kier molecular flexibility index (Phi) is 7.92. The minimum atomic E-state index is -3.20. The molecule has 1 aliphatic heterocycles. The van der Waals surface area contributed by atoms with E-state index < -0.39 is 10.0 Å². The molecule has 0 bridgehead atoms. The van der Waals surface area contributed by atoms with Crippen molar-refractivity contribution in [3.8, 4) is 5.75 Å². The fourth-order valence-corrected chi connectivity index (χ4v) is 5.39. The quantitative estimate of drug-likeness (QED) is 0.545. The largest absolute Gasteiger partial charge is 0.492 e. The summed E-state index contributed by atoms with van der Waals surface area (Å²) in [7, 11) is -3.20. The van der Waals surface area contributed by atoms with Gasteiger partial charge < -0.3 is 10.1 Å². The van der Waals surface area contributed by atoms with Crippen LogP contribution in [0.3, 0.4) is 0 Å². The average Bonchev–Trinajstić information content (AvgIpc) is 2.72. The van der Waals surface area contributed by atoms with Crippen molar-refractivity contribution in [2.45, 2.75) is 44.1 Å². The first-order valence-corrected chi connectivity index (χ1v) is 12.7. The van der Waals surface area contributed by atoms with Gasteiger partial charge in [-0.2, -0.15) is 0 Å². The molecule has 0 aromatic heterocycles. The van der Waals surface area contributed by atoms with Crippen LogP contribution in [-0.4, -0.2) is 33.9 Å². The van der Waals surface area contributed by atoms with Crippen molar-refractivity contribution in [1.29, 1.82) is 0 Å². The molecule has 4 rings (SSSR count). The van der Waals surface area contributed by atoms with Crippen LogP contribution in [0.1, 0.15) is 48.9 Å². The third-order valence-electron chi connectivity index (χ3n) is 6.46. The molecular weight excluding hydrogens is 455 g/mol. The van der Waals surface area contributed by atoms with E-state index in [-0.39, 0.29) is 36.2 Å². The standard InChI is InChI=1S/C23H29ClN2O3S.ClH/c1-2-30(27,28)26-14-15-29-20-9-4-17-10-13-25-22(21(17)16-20)23(11-3-12-23)18-5-7-19(24)8-6-18;/h4-9,16,22,25-26H,2-3,10-15H2,1H3;1H. The molecule has 1 fully saturated rings. The second-order valence-electron chi connectivity index (χ2n) is 8.16. The highest BCUT2D eigenvalue weighted by molar-refractivity contribution is 7.89. The summed E-state index contributed by atoms with van der Waals surface area (Å²) in [5, 5.41) is 4.54. The highest BCUT2D eigenvalue weighted by Crippen LogP contribution is 2.53. The number of ether oxygens (including phenoxy) is 1. The first kappa shape index (κ1) is 24.3. The van der Waals surface area contributed by atoms with Gasteiger partial charge in [0.1, 0.15) is 12.4 Å². The summed E-state index contributed by atoms with van der Waals surface area (Å²) in [6.45, 7) is 3.16. The second kappa shape index (κ2) is 10.1. The van der Waals surface area contributed by atoms with Gasteiger partial charge in [-0.3, -0.25) is 0 Å². The minimum Gasteiger partial charge on any atom is -0.492 e. The van der Waals surface area contributed by atoms with E-state index in [2.05, 4.69) is 34.3 Å². The molecule has 2 aromatic carbocycles. The number of hydrogen-bond donors (Lipinski definition) is 2. The number of hydrogen-bond acceptors (Lipinski definition) is 4. The fourth-order valence-electron chi connectivity index (χ4n) is 4.66. The lowest BCUT2D eigenvalue weighted by atomic mass is 9.58. The van der Waals surface area contributed by atoms with Gasteiger partial charge in [0.2, 0.25) is 10.0 Å². The van der Waals surface area contributed by atoms with Gasteiger partial charge in [0.25, 0.3) is 0 Å². The summed E-state index contributed by atoms with van der Waals surface area (Å²) in [5.41, 5.74) is 4.07. The first-order valence-electron chi connectivity index (χ1n) is 10.7. The topological polar surface area (TPSA) is 67.4 Å². The molecule has 2 aromatic rings. The molecule has 0 saturated heterocycles. The summed E-state index contributed by atoms with van der Waals surface area (Å²) in [4.78, 5) is 0. The van der Waals surface area contributed by atoms with E-state index in [0.717, 1.165) is 36.6 Å². The predicted octanol–water partition coefficient (Wildman–Crippen LogP) is 4.39. The third-order valence-corrected chi connectivity index (χ3v) is 8.12. The molecule has 1 heterocycles. The van der Waals surface area contributed by atoms with Crippen LogP contribution in [0.4, 0.5) is 0 Å². The van der Waals surface area contributed by atoms with Crippen LogP contribution in [-0.2, 0) is 21.9 Å². The van der Waals surface area contributed by atoms with Crippen LogP contribution in [0.5, 0.6) is 5.75 Å². The number of fused-ring (bicyclic) bond motifs is 1. The number of benzene rings is 2. The van der Waals surface area contributed by atoms with E-state index >= 15 is 0 Å². The van der Waals surface area contributed by atoms with Crippen LogP contribution in [0, 0.1) is 0 Å². The lowest BCUT2D eigenvalue weighted by Gasteiger charge is -2.50. The number of nitrogens with one attached hydrogen (secondary N) is 2. The third kappa shape index (κ3) is 5.20. The Labute approximate surface area is 196 Å². The number of sulfonamides is 1. The summed E-state index contributed by atoms with van der Waals surface area (Å²) in [5.74, 6) is 0.857. The van der Waals surface area contributed by atoms with Crippen molar-refractivity contribution in [2.75, 3.05) is 25.4 Å². The van der Waals surface area contributed by atoms with E-state index in [9.17, 15) is 8.42 Å². The van der Waals surface area contributed by atoms with E-state index in [0.29, 0.717) is 6.61 Å². The zero-order valence-electron chi connectivity index (χ0n) is 17.7. The summed E-state index contributed by atoms with van der Waals surface area (Å²) < 4.78 is 31.6. The Morgan fingerprint density at radius 1 is 1.19 bits per heavy atom. The molecule has 0 amide bonds. The fraction of sp³-hybridized carbons (Fsp3) is 0.478. The molecule has 1 saturated carbocycles. The molecular formula is C23H30Cl2N2O3S. The number of rotatable bonds is 8. The smallest absolute Gasteiger partial charge is 0.211 e. The lowest BCUT2D eigenvalue weighted by molar-refractivity contribution is 0.164. The summed E-state index contributed by atoms with van der Waals surface area (Å²) in [6, 6.07) is 14.8.